The topological polar surface area (TPSA) is 21.3 Å². The molecule has 0 spiro atoms. The van der Waals surface area contributed by atoms with Crippen LogP contribution in [0.15, 0.2) is 53.0 Å². The fraction of sp³-hybridized carbons (Fsp3) is 0.294. The average molecular weight is 334 g/mol. The fourth-order valence-electron chi connectivity index (χ4n) is 2.25. The molecule has 106 valence electrons. The Morgan fingerprint density at radius 3 is 2.15 bits per heavy atom. The van der Waals surface area contributed by atoms with Crippen LogP contribution in [0.4, 0.5) is 0 Å². The molecule has 2 rings (SSSR count). The maximum Gasteiger partial charge on any atom is 0.119 e. The second kappa shape index (κ2) is 6.91. The number of halogens is 1. The zero-order chi connectivity index (χ0) is 14.5. The molecule has 0 aliphatic heterocycles. The van der Waals surface area contributed by atoms with Gasteiger partial charge >= 0.3 is 0 Å². The van der Waals surface area contributed by atoms with E-state index in [1.807, 2.05) is 18.2 Å². The van der Waals surface area contributed by atoms with Gasteiger partial charge in [0.1, 0.15) is 5.75 Å². The smallest absolute Gasteiger partial charge is 0.119 e. The van der Waals surface area contributed by atoms with Crippen molar-refractivity contribution in [2.24, 2.45) is 0 Å². The summed E-state index contributed by atoms with van der Waals surface area (Å²) in [6.45, 7) is 4.35. The highest BCUT2D eigenvalue weighted by atomic mass is 79.9. The van der Waals surface area contributed by atoms with Gasteiger partial charge in [0.25, 0.3) is 0 Å². The largest absolute Gasteiger partial charge is 0.497 e. The quantitative estimate of drug-likeness (QED) is 0.842. The molecule has 0 unspecified atom stereocenters. The van der Waals surface area contributed by atoms with E-state index in [1.54, 1.807) is 7.11 Å². The summed E-state index contributed by atoms with van der Waals surface area (Å²) in [4.78, 5) is 0. The maximum absolute atomic E-state index is 5.28. The first-order valence-corrected chi connectivity index (χ1v) is 7.55. The van der Waals surface area contributed by atoms with Crippen molar-refractivity contribution < 1.29 is 4.74 Å². The average Bonchev–Trinajstić information content (AvgIpc) is 2.47. The highest BCUT2D eigenvalue weighted by molar-refractivity contribution is 9.10. The minimum absolute atomic E-state index is 0.263. The molecule has 0 amide bonds. The summed E-state index contributed by atoms with van der Waals surface area (Å²) in [7, 11) is 1.70. The third kappa shape index (κ3) is 3.84. The number of rotatable bonds is 5. The zero-order valence-corrected chi connectivity index (χ0v) is 13.6. The zero-order valence-electron chi connectivity index (χ0n) is 12.1. The number of methoxy groups -OCH3 is 1. The van der Waals surface area contributed by atoms with Gasteiger partial charge in [-0.2, -0.15) is 0 Å². The van der Waals surface area contributed by atoms with Gasteiger partial charge in [0, 0.05) is 16.6 Å². The third-order valence-corrected chi connectivity index (χ3v) is 3.94. The van der Waals surface area contributed by atoms with E-state index in [0.29, 0.717) is 0 Å². The van der Waals surface area contributed by atoms with Gasteiger partial charge in [-0.1, -0.05) is 40.2 Å². The van der Waals surface area contributed by atoms with E-state index in [0.717, 1.165) is 10.2 Å². The minimum Gasteiger partial charge on any atom is -0.497 e. The van der Waals surface area contributed by atoms with Gasteiger partial charge in [0.05, 0.1) is 7.11 Å². The van der Waals surface area contributed by atoms with Gasteiger partial charge in [0.2, 0.25) is 0 Å². The SMILES string of the molecule is COc1cccc([C@@H](C)N[C@@H](C)c2cccc(Br)c2)c1. The number of benzene rings is 2. The molecule has 2 nitrogen and oxygen atoms in total. The van der Waals surface area contributed by atoms with Crippen LogP contribution in [0.3, 0.4) is 0 Å². The van der Waals surface area contributed by atoms with Crippen LogP contribution in [0.25, 0.3) is 0 Å². The van der Waals surface area contributed by atoms with Crippen LogP contribution >= 0.6 is 15.9 Å². The molecule has 2 aromatic rings. The van der Waals surface area contributed by atoms with Crippen molar-refractivity contribution in [3.8, 4) is 5.75 Å². The van der Waals surface area contributed by atoms with Crippen molar-refractivity contribution in [2.45, 2.75) is 25.9 Å². The molecular weight excluding hydrogens is 314 g/mol. The normalized spacial score (nSPS) is 13.8. The Morgan fingerprint density at radius 2 is 1.55 bits per heavy atom. The van der Waals surface area contributed by atoms with Gasteiger partial charge in [-0.15, -0.1) is 0 Å². The molecule has 0 bridgehead atoms. The van der Waals surface area contributed by atoms with E-state index in [9.17, 15) is 0 Å². The summed E-state index contributed by atoms with van der Waals surface area (Å²) in [6.07, 6.45) is 0. The molecule has 0 saturated carbocycles. The summed E-state index contributed by atoms with van der Waals surface area (Å²) in [6, 6.07) is 17.1. The highest BCUT2D eigenvalue weighted by Crippen LogP contribution is 2.23. The van der Waals surface area contributed by atoms with E-state index in [-0.39, 0.29) is 12.1 Å². The van der Waals surface area contributed by atoms with Crippen molar-refractivity contribution in [2.75, 3.05) is 7.11 Å². The molecule has 0 aliphatic rings. The lowest BCUT2D eigenvalue weighted by molar-refractivity contribution is 0.412. The van der Waals surface area contributed by atoms with E-state index >= 15 is 0 Å². The van der Waals surface area contributed by atoms with Crippen LogP contribution in [-0.4, -0.2) is 7.11 Å². The van der Waals surface area contributed by atoms with Crippen LogP contribution in [-0.2, 0) is 0 Å². The Balaban J connectivity index is 2.08. The van der Waals surface area contributed by atoms with Gasteiger partial charge in [-0.3, -0.25) is 0 Å². The van der Waals surface area contributed by atoms with Crippen LogP contribution < -0.4 is 10.1 Å². The lowest BCUT2D eigenvalue weighted by atomic mass is 10.0. The van der Waals surface area contributed by atoms with Crippen molar-refractivity contribution in [1.82, 2.24) is 5.32 Å². The van der Waals surface area contributed by atoms with E-state index in [4.69, 9.17) is 4.74 Å². The van der Waals surface area contributed by atoms with Crippen LogP contribution in [0.1, 0.15) is 37.1 Å². The van der Waals surface area contributed by atoms with Crippen LogP contribution in [0.5, 0.6) is 5.75 Å². The highest BCUT2D eigenvalue weighted by Gasteiger charge is 2.11. The fourth-order valence-corrected chi connectivity index (χ4v) is 2.67. The molecule has 0 fully saturated rings. The third-order valence-electron chi connectivity index (χ3n) is 3.44. The Hall–Kier alpha value is -1.32. The monoisotopic (exact) mass is 333 g/mol. The van der Waals surface area contributed by atoms with Crippen molar-refractivity contribution in [3.05, 3.63) is 64.1 Å². The Morgan fingerprint density at radius 1 is 0.950 bits per heavy atom. The molecule has 0 radical (unpaired) electrons. The first-order chi connectivity index (χ1) is 9.60. The minimum atomic E-state index is 0.263. The summed E-state index contributed by atoms with van der Waals surface area (Å²) in [5.74, 6) is 0.895. The molecule has 20 heavy (non-hydrogen) atoms. The van der Waals surface area contributed by atoms with Crippen molar-refractivity contribution in [1.29, 1.82) is 0 Å². The van der Waals surface area contributed by atoms with E-state index in [2.05, 4.69) is 65.4 Å². The molecule has 2 aromatic carbocycles. The second-order valence-corrected chi connectivity index (χ2v) is 5.86. The van der Waals surface area contributed by atoms with Gasteiger partial charge in [-0.05, 0) is 49.2 Å². The van der Waals surface area contributed by atoms with Crippen LogP contribution in [0, 0.1) is 0 Å². The van der Waals surface area contributed by atoms with E-state index in [1.165, 1.54) is 11.1 Å². The summed E-state index contributed by atoms with van der Waals surface area (Å²) >= 11 is 3.52. The number of hydrogen-bond donors (Lipinski definition) is 1. The second-order valence-electron chi connectivity index (χ2n) is 4.94. The maximum atomic E-state index is 5.28. The summed E-state index contributed by atoms with van der Waals surface area (Å²) in [5, 5.41) is 3.61. The molecule has 0 aliphatic carbocycles. The lowest BCUT2D eigenvalue weighted by Gasteiger charge is -2.21. The number of ether oxygens (including phenoxy) is 1. The lowest BCUT2D eigenvalue weighted by Crippen LogP contribution is -2.22. The molecule has 2 atom stereocenters. The summed E-state index contributed by atoms with van der Waals surface area (Å²) < 4.78 is 6.39. The van der Waals surface area contributed by atoms with Crippen molar-refractivity contribution >= 4 is 15.9 Å². The molecule has 0 heterocycles. The van der Waals surface area contributed by atoms with Gasteiger partial charge in [-0.25, -0.2) is 0 Å². The molecule has 0 saturated heterocycles. The number of hydrogen-bond acceptors (Lipinski definition) is 2. The standard InChI is InChI=1S/C17H20BrNO/c1-12(14-6-4-8-16(18)10-14)19-13(2)15-7-5-9-17(11-15)20-3/h4-13,19H,1-3H3/t12-,13+/m0/s1. The van der Waals surface area contributed by atoms with Crippen molar-refractivity contribution in [3.63, 3.8) is 0 Å². The molecule has 1 N–H and O–H groups in total. The predicted octanol–water partition coefficient (Wildman–Crippen LogP) is 4.87. The van der Waals surface area contributed by atoms with E-state index < -0.39 is 0 Å². The Labute approximate surface area is 129 Å². The van der Waals surface area contributed by atoms with Gasteiger partial charge in [0.15, 0.2) is 0 Å². The molecule has 3 heteroatoms. The Kier molecular flexibility index (Phi) is 5.21. The van der Waals surface area contributed by atoms with Gasteiger partial charge < -0.3 is 10.1 Å². The summed E-state index contributed by atoms with van der Waals surface area (Å²) in [5.41, 5.74) is 2.50. The first-order valence-electron chi connectivity index (χ1n) is 6.75. The molecule has 0 aromatic heterocycles. The predicted molar refractivity (Wildman–Crippen MR) is 87.1 cm³/mol. The first kappa shape index (κ1) is 15.1. The Bertz CT molecular complexity index is 570. The molecular formula is C17H20BrNO. The number of nitrogens with one attached hydrogen (secondary N) is 1. The van der Waals surface area contributed by atoms with Crippen LogP contribution in [0.2, 0.25) is 0 Å².